The van der Waals surface area contributed by atoms with Gasteiger partial charge in [-0.15, -0.1) is 0 Å². The second-order valence-corrected chi connectivity index (χ2v) is 6.32. The minimum absolute atomic E-state index is 0.204. The summed E-state index contributed by atoms with van der Waals surface area (Å²) in [6.45, 7) is 6.12. The fraction of sp³-hybridized carbons (Fsp3) is 0.750. The molecule has 0 bridgehead atoms. The molecule has 0 fully saturated rings. The summed E-state index contributed by atoms with van der Waals surface area (Å²) in [7, 11) is 1.78. The van der Waals surface area contributed by atoms with Gasteiger partial charge in [0.2, 0.25) is 0 Å². The van der Waals surface area contributed by atoms with Crippen LogP contribution in [0.25, 0.3) is 0 Å². The Morgan fingerprint density at radius 1 is 1.53 bits per heavy atom. The maximum Gasteiger partial charge on any atom is 0.326 e. The van der Waals surface area contributed by atoms with Gasteiger partial charge in [-0.2, -0.15) is 4.37 Å². The highest BCUT2D eigenvalue weighted by molar-refractivity contribution is 8.00. The van der Waals surface area contributed by atoms with Gasteiger partial charge in [-0.25, -0.2) is 4.98 Å². The number of hydrogen-bond acceptors (Lipinski definition) is 7. The van der Waals surface area contributed by atoms with E-state index in [1.54, 1.807) is 18.8 Å². The lowest BCUT2D eigenvalue weighted by Gasteiger charge is -2.26. The zero-order valence-electron chi connectivity index (χ0n) is 11.9. The van der Waals surface area contributed by atoms with Gasteiger partial charge in [-0.1, -0.05) is 18.7 Å². The molecule has 0 aliphatic heterocycles. The van der Waals surface area contributed by atoms with Gasteiger partial charge < -0.3 is 10.1 Å². The summed E-state index contributed by atoms with van der Waals surface area (Å²) < 4.78 is 10.3. The molecule has 0 aliphatic carbocycles. The Hall–Kier alpha value is -0.660. The Labute approximate surface area is 122 Å². The van der Waals surface area contributed by atoms with Gasteiger partial charge >= 0.3 is 5.97 Å². The molecule has 1 heterocycles. The number of likely N-dealkylation sites (N-methyl/N-ethyl adjacent to an activating group) is 1. The van der Waals surface area contributed by atoms with Gasteiger partial charge in [0.25, 0.3) is 0 Å². The van der Waals surface area contributed by atoms with Crippen LogP contribution in [0.15, 0.2) is 4.34 Å². The fourth-order valence-electron chi connectivity index (χ4n) is 1.40. The van der Waals surface area contributed by atoms with Crippen molar-refractivity contribution in [1.29, 1.82) is 0 Å². The van der Waals surface area contributed by atoms with Gasteiger partial charge in [0.1, 0.15) is 11.4 Å². The molecule has 0 saturated heterocycles. The maximum atomic E-state index is 11.9. The molecular formula is C12H21N3O2S2. The summed E-state index contributed by atoms with van der Waals surface area (Å²) in [6.07, 6.45) is 1.54. The number of ether oxygens (including phenoxy) is 1. The number of nitrogens with one attached hydrogen (secondary N) is 1. The molecule has 1 unspecified atom stereocenters. The molecule has 0 radical (unpaired) electrons. The van der Waals surface area contributed by atoms with Crippen LogP contribution in [-0.4, -0.2) is 40.3 Å². The second-order valence-electron chi connectivity index (χ2n) is 4.23. The van der Waals surface area contributed by atoms with Crippen molar-refractivity contribution in [2.45, 2.75) is 43.5 Å². The number of aryl methyl sites for hydroxylation is 1. The van der Waals surface area contributed by atoms with Crippen molar-refractivity contribution in [2.24, 2.45) is 0 Å². The number of thioether (sulfide) groups is 1. The minimum atomic E-state index is -0.638. The molecule has 1 aromatic heterocycles. The lowest BCUT2D eigenvalue weighted by Crippen LogP contribution is -2.49. The lowest BCUT2D eigenvalue weighted by molar-refractivity contribution is -0.150. The standard InChI is InChI=1S/C12H21N3O2S2/c1-5-9-14-11(19-15-9)18-8-7-12(3,13-4)10(16)17-6-2/h13H,5-8H2,1-4H3. The van der Waals surface area contributed by atoms with Crippen molar-refractivity contribution < 1.29 is 9.53 Å². The monoisotopic (exact) mass is 303 g/mol. The number of carbonyl (C=O) groups is 1. The first-order chi connectivity index (χ1) is 9.05. The molecule has 0 spiro atoms. The Morgan fingerprint density at radius 3 is 2.79 bits per heavy atom. The maximum absolute atomic E-state index is 11.9. The first-order valence-electron chi connectivity index (χ1n) is 6.37. The Bertz CT molecular complexity index is 411. The van der Waals surface area contributed by atoms with Crippen LogP contribution in [-0.2, 0) is 16.0 Å². The summed E-state index contributed by atoms with van der Waals surface area (Å²) in [5, 5.41) is 3.05. The zero-order valence-corrected chi connectivity index (χ0v) is 13.5. The van der Waals surface area contributed by atoms with E-state index in [0.717, 1.165) is 22.3 Å². The smallest absolute Gasteiger partial charge is 0.326 e. The van der Waals surface area contributed by atoms with Crippen LogP contribution in [0.1, 0.15) is 33.0 Å². The third-order valence-corrected chi connectivity index (χ3v) is 4.74. The van der Waals surface area contributed by atoms with Gasteiger partial charge in [0, 0.05) is 12.2 Å². The van der Waals surface area contributed by atoms with Gasteiger partial charge in [0.15, 0.2) is 4.34 Å². The van der Waals surface area contributed by atoms with Crippen molar-refractivity contribution in [2.75, 3.05) is 19.4 Å². The van der Waals surface area contributed by atoms with Crippen molar-refractivity contribution in [1.82, 2.24) is 14.7 Å². The van der Waals surface area contributed by atoms with E-state index in [-0.39, 0.29) is 5.97 Å². The highest BCUT2D eigenvalue weighted by atomic mass is 32.2. The van der Waals surface area contributed by atoms with Crippen LogP contribution >= 0.6 is 23.3 Å². The SMILES string of the molecule is CCOC(=O)C(C)(CCSc1nc(CC)ns1)NC. The van der Waals surface area contributed by atoms with Crippen molar-refractivity contribution in [3.63, 3.8) is 0 Å². The summed E-state index contributed by atoms with van der Waals surface area (Å²) in [5.41, 5.74) is -0.638. The highest BCUT2D eigenvalue weighted by Crippen LogP contribution is 2.24. The number of rotatable bonds is 8. The number of nitrogens with zero attached hydrogens (tertiary/aromatic N) is 2. The van der Waals surface area contributed by atoms with Crippen molar-refractivity contribution >= 4 is 29.3 Å². The van der Waals surface area contributed by atoms with Crippen LogP contribution in [0.5, 0.6) is 0 Å². The third-order valence-electron chi connectivity index (χ3n) is 2.87. The normalized spacial score (nSPS) is 14.1. The number of esters is 1. The van der Waals surface area contributed by atoms with E-state index in [0.29, 0.717) is 13.0 Å². The first kappa shape index (κ1) is 16.4. The van der Waals surface area contributed by atoms with E-state index in [1.165, 1.54) is 11.5 Å². The highest BCUT2D eigenvalue weighted by Gasteiger charge is 2.32. The molecule has 108 valence electrons. The molecule has 5 nitrogen and oxygen atoms in total. The van der Waals surface area contributed by atoms with E-state index in [1.807, 2.05) is 20.8 Å². The number of carbonyl (C=O) groups excluding carboxylic acids is 1. The molecule has 1 N–H and O–H groups in total. The quantitative estimate of drug-likeness (QED) is 0.586. The molecule has 1 aromatic rings. The fourth-order valence-corrected chi connectivity index (χ4v) is 3.33. The van der Waals surface area contributed by atoms with E-state index in [4.69, 9.17) is 4.74 Å². The Morgan fingerprint density at radius 2 is 2.26 bits per heavy atom. The molecular weight excluding hydrogens is 282 g/mol. The van der Waals surface area contributed by atoms with Crippen LogP contribution in [0.2, 0.25) is 0 Å². The summed E-state index contributed by atoms with van der Waals surface area (Å²) >= 11 is 3.05. The lowest BCUT2D eigenvalue weighted by atomic mass is 10.00. The number of hydrogen-bond donors (Lipinski definition) is 1. The molecule has 0 saturated carbocycles. The first-order valence-corrected chi connectivity index (χ1v) is 8.13. The van der Waals surface area contributed by atoms with E-state index < -0.39 is 5.54 Å². The Kier molecular flexibility index (Phi) is 6.74. The molecule has 1 atom stereocenters. The van der Waals surface area contributed by atoms with Gasteiger partial charge in [-0.3, -0.25) is 4.79 Å². The number of aromatic nitrogens is 2. The molecule has 0 aromatic carbocycles. The summed E-state index contributed by atoms with van der Waals surface area (Å²) in [4.78, 5) is 16.3. The third kappa shape index (κ3) is 4.74. The predicted octanol–water partition coefficient (Wildman–Crippen LogP) is 2.12. The van der Waals surface area contributed by atoms with Crippen LogP contribution in [0.3, 0.4) is 0 Å². The zero-order chi connectivity index (χ0) is 14.3. The topological polar surface area (TPSA) is 64.1 Å². The molecule has 19 heavy (non-hydrogen) atoms. The van der Waals surface area contributed by atoms with Gasteiger partial charge in [0.05, 0.1) is 6.61 Å². The van der Waals surface area contributed by atoms with E-state index in [9.17, 15) is 4.79 Å². The van der Waals surface area contributed by atoms with Gasteiger partial charge in [-0.05, 0) is 38.8 Å². The van der Waals surface area contributed by atoms with Crippen LogP contribution < -0.4 is 5.32 Å². The van der Waals surface area contributed by atoms with Crippen molar-refractivity contribution in [3.8, 4) is 0 Å². The summed E-state index contributed by atoms with van der Waals surface area (Å²) in [6, 6.07) is 0. The van der Waals surface area contributed by atoms with E-state index >= 15 is 0 Å². The van der Waals surface area contributed by atoms with Crippen molar-refractivity contribution in [3.05, 3.63) is 5.82 Å². The molecule has 7 heteroatoms. The minimum Gasteiger partial charge on any atom is -0.465 e. The predicted molar refractivity (Wildman–Crippen MR) is 78.7 cm³/mol. The average molecular weight is 303 g/mol. The molecule has 0 aliphatic rings. The largest absolute Gasteiger partial charge is 0.465 e. The van der Waals surface area contributed by atoms with Crippen LogP contribution in [0, 0.1) is 0 Å². The second kappa shape index (κ2) is 7.81. The molecule has 1 rings (SSSR count). The average Bonchev–Trinajstić information content (AvgIpc) is 2.86. The van der Waals surface area contributed by atoms with Crippen LogP contribution in [0.4, 0.5) is 0 Å². The summed E-state index contributed by atoms with van der Waals surface area (Å²) in [5.74, 6) is 1.48. The Balaban J connectivity index is 2.47. The molecule has 0 amide bonds. The van der Waals surface area contributed by atoms with E-state index in [2.05, 4.69) is 14.7 Å².